The zero-order chi connectivity index (χ0) is 16.4. The molecule has 0 radical (unpaired) electrons. The Balaban J connectivity index is 2.28. The van der Waals surface area contributed by atoms with Crippen LogP contribution in [0.15, 0.2) is 52.4 Å². The Hall–Kier alpha value is -3.71. The van der Waals surface area contributed by atoms with Crippen molar-refractivity contribution in [2.45, 2.75) is 0 Å². The lowest BCUT2D eigenvalue weighted by Crippen LogP contribution is -2.09. The normalized spacial score (nSPS) is 10.3. The van der Waals surface area contributed by atoms with Gasteiger partial charge in [0.1, 0.15) is 5.82 Å². The van der Waals surface area contributed by atoms with E-state index < -0.39 is 4.92 Å². The van der Waals surface area contributed by atoms with Crippen LogP contribution in [0.1, 0.15) is 0 Å². The third-order valence-electron chi connectivity index (χ3n) is 3.21. The number of nitrogens with zero attached hydrogens (tertiary/aromatic N) is 5. The van der Waals surface area contributed by atoms with Crippen molar-refractivity contribution < 1.29 is 4.92 Å². The molecular weight excluding hydrogens is 300 g/mol. The number of hydrogen-bond donors (Lipinski definition) is 1. The van der Waals surface area contributed by atoms with Crippen LogP contribution in [0, 0.1) is 10.1 Å². The van der Waals surface area contributed by atoms with Gasteiger partial charge in [0.25, 0.3) is 11.2 Å². The quantitative estimate of drug-likeness (QED) is 0.260. The highest BCUT2D eigenvalue weighted by Gasteiger charge is 2.14. The second-order valence-corrected chi connectivity index (χ2v) is 4.58. The number of fused-ring (bicyclic) bond motifs is 1. The van der Waals surface area contributed by atoms with E-state index >= 15 is 0 Å². The second-order valence-electron chi connectivity index (χ2n) is 4.58. The number of nitrogens with one attached hydrogen (secondary N) is 1. The molecule has 1 aromatic heterocycles. The maximum Gasteiger partial charge on any atom is 0.269 e. The molecule has 2 aromatic carbocycles. The van der Waals surface area contributed by atoms with Gasteiger partial charge in [-0.05, 0) is 23.7 Å². The zero-order valence-electron chi connectivity index (χ0n) is 11.5. The molecule has 0 aliphatic heterocycles. The van der Waals surface area contributed by atoms with Gasteiger partial charge >= 0.3 is 0 Å². The Bertz CT molecular complexity index is 1040. The lowest BCUT2D eigenvalue weighted by Gasteiger charge is -2.06. The molecule has 3 aromatic rings. The number of azide groups is 1. The van der Waals surface area contributed by atoms with Gasteiger partial charge in [0, 0.05) is 22.6 Å². The number of H-pyrrole nitrogens is 1. The number of rotatable bonds is 3. The molecule has 3 rings (SSSR count). The summed E-state index contributed by atoms with van der Waals surface area (Å²) in [4.78, 5) is 31.9. The molecule has 0 aliphatic carbocycles. The van der Waals surface area contributed by atoms with Crippen LogP contribution >= 0.6 is 0 Å². The Labute approximate surface area is 128 Å². The molecule has 0 aliphatic rings. The molecule has 9 nitrogen and oxygen atoms in total. The number of aromatic nitrogens is 2. The van der Waals surface area contributed by atoms with Crippen LogP contribution in [0.25, 0.3) is 32.7 Å². The average Bonchev–Trinajstić information content (AvgIpc) is 2.55. The maximum atomic E-state index is 12.1. The van der Waals surface area contributed by atoms with Gasteiger partial charge in [0.05, 0.1) is 21.5 Å². The summed E-state index contributed by atoms with van der Waals surface area (Å²) in [5, 5.41) is 14.7. The first-order valence-corrected chi connectivity index (χ1v) is 6.43. The number of hydrogen-bond acceptors (Lipinski definition) is 5. The molecule has 23 heavy (non-hydrogen) atoms. The van der Waals surface area contributed by atoms with Gasteiger partial charge in [-0.25, -0.2) is 4.98 Å². The summed E-state index contributed by atoms with van der Waals surface area (Å²) in [7, 11) is 0. The number of para-hydroxylation sites is 1. The molecule has 0 atom stereocenters. The molecule has 1 heterocycles. The van der Waals surface area contributed by atoms with E-state index in [1.54, 1.807) is 24.3 Å². The van der Waals surface area contributed by atoms with Crippen molar-refractivity contribution in [2.75, 3.05) is 0 Å². The number of nitro groups is 1. The van der Waals surface area contributed by atoms with Crippen molar-refractivity contribution >= 4 is 22.3 Å². The van der Waals surface area contributed by atoms with Gasteiger partial charge in [-0.2, -0.15) is 0 Å². The van der Waals surface area contributed by atoms with Crippen LogP contribution in [0.4, 0.5) is 11.4 Å². The minimum atomic E-state index is -0.600. The fourth-order valence-corrected chi connectivity index (χ4v) is 2.18. The van der Waals surface area contributed by atoms with Gasteiger partial charge in [-0.3, -0.25) is 14.9 Å². The van der Waals surface area contributed by atoms with Crippen molar-refractivity contribution in [1.29, 1.82) is 0 Å². The van der Waals surface area contributed by atoms with Crippen LogP contribution in [0.2, 0.25) is 0 Å². The Kier molecular flexibility index (Phi) is 3.46. The molecule has 0 fully saturated rings. The zero-order valence-corrected chi connectivity index (χ0v) is 11.5. The minimum Gasteiger partial charge on any atom is -0.306 e. The minimum absolute atomic E-state index is 0.0140. The molecule has 0 unspecified atom stereocenters. The molecule has 0 amide bonds. The first-order valence-electron chi connectivity index (χ1n) is 6.43. The highest BCUT2D eigenvalue weighted by atomic mass is 16.6. The number of non-ortho nitro benzene ring substituents is 1. The predicted molar refractivity (Wildman–Crippen MR) is 83.3 cm³/mol. The summed E-state index contributed by atoms with van der Waals surface area (Å²) < 4.78 is 0. The van der Waals surface area contributed by atoms with Crippen LogP contribution in [0.5, 0.6) is 0 Å². The van der Waals surface area contributed by atoms with Gasteiger partial charge in [0.2, 0.25) is 0 Å². The first-order chi connectivity index (χ1) is 11.1. The van der Waals surface area contributed by atoms with Crippen molar-refractivity contribution in [1.82, 2.24) is 9.97 Å². The number of aromatic amines is 1. The average molecular weight is 308 g/mol. The van der Waals surface area contributed by atoms with Gasteiger partial charge in [-0.15, -0.1) is 0 Å². The lowest BCUT2D eigenvalue weighted by atomic mass is 10.1. The molecular formula is C14H8N6O3. The third kappa shape index (κ3) is 2.59. The topological polar surface area (TPSA) is 138 Å². The van der Waals surface area contributed by atoms with Crippen LogP contribution in [0.3, 0.4) is 0 Å². The van der Waals surface area contributed by atoms with Gasteiger partial charge in [0.15, 0.2) is 0 Å². The summed E-state index contributed by atoms with van der Waals surface area (Å²) in [6.07, 6.45) is 0. The van der Waals surface area contributed by atoms with E-state index in [1.807, 2.05) is 0 Å². The number of nitro benzene ring substituents is 1. The van der Waals surface area contributed by atoms with E-state index in [0.29, 0.717) is 16.5 Å². The largest absolute Gasteiger partial charge is 0.306 e. The monoisotopic (exact) mass is 308 g/mol. The number of benzene rings is 2. The van der Waals surface area contributed by atoms with Crippen molar-refractivity contribution in [3.63, 3.8) is 0 Å². The summed E-state index contributed by atoms with van der Waals surface area (Å²) in [6.45, 7) is 0. The molecule has 1 N–H and O–H groups in total. The summed E-state index contributed by atoms with van der Waals surface area (Å²) in [5.41, 5.74) is 8.85. The highest BCUT2D eigenvalue weighted by Crippen LogP contribution is 2.31. The summed E-state index contributed by atoms with van der Waals surface area (Å²) >= 11 is 0. The van der Waals surface area contributed by atoms with E-state index in [1.165, 1.54) is 12.1 Å². The highest BCUT2D eigenvalue weighted by molar-refractivity contribution is 5.81. The van der Waals surface area contributed by atoms with E-state index in [4.69, 9.17) is 5.53 Å². The Morgan fingerprint density at radius 2 is 2.04 bits per heavy atom. The SMILES string of the molecule is [N-]=[N+]=Nc1cc([N+](=O)[O-])ccc1-c1nc2ccccc2c(=O)[nH]1. The molecule has 0 bridgehead atoms. The van der Waals surface area contributed by atoms with Crippen LogP contribution in [-0.4, -0.2) is 14.9 Å². The summed E-state index contributed by atoms with van der Waals surface area (Å²) in [5.74, 6) is 0.172. The van der Waals surface area contributed by atoms with E-state index in [9.17, 15) is 14.9 Å². The molecule has 0 saturated carbocycles. The fourth-order valence-electron chi connectivity index (χ4n) is 2.18. The maximum absolute atomic E-state index is 12.1. The van der Waals surface area contributed by atoms with Crippen molar-refractivity contribution in [3.8, 4) is 11.4 Å². The molecule has 9 heteroatoms. The van der Waals surface area contributed by atoms with E-state index in [2.05, 4.69) is 20.0 Å². The predicted octanol–water partition coefficient (Wildman–Crippen LogP) is 3.44. The summed E-state index contributed by atoms with van der Waals surface area (Å²) in [6, 6.07) is 10.5. The van der Waals surface area contributed by atoms with Gasteiger partial charge < -0.3 is 4.98 Å². The van der Waals surface area contributed by atoms with Crippen LogP contribution < -0.4 is 5.56 Å². The molecule has 112 valence electrons. The molecule has 0 saturated heterocycles. The van der Waals surface area contributed by atoms with E-state index in [0.717, 1.165) is 6.07 Å². The molecule has 0 spiro atoms. The van der Waals surface area contributed by atoms with Crippen molar-refractivity contribution in [2.24, 2.45) is 5.11 Å². The van der Waals surface area contributed by atoms with E-state index in [-0.39, 0.29) is 22.8 Å². The Morgan fingerprint density at radius 3 is 2.78 bits per heavy atom. The second kappa shape index (κ2) is 5.58. The third-order valence-corrected chi connectivity index (χ3v) is 3.21. The lowest BCUT2D eigenvalue weighted by molar-refractivity contribution is -0.384. The van der Waals surface area contributed by atoms with Gasteiger partial charge in [-0.1, -0.05) is 17.2 Å². The van der Waals surface area contributed by atoms with Crippen LogP contribution in [-0.2, 0) is 0 Å². The smallest absolute Gasteiger partial charge is 0.269 e. The Morgan fingerprint density at radius 1 is 1.26 bits per heavy atom. The fraction of sp³-hybridized carbons (Fsp3) is 0. The first kappa shape index (κ1) is 14.2. The standard InChI is InChI=1S/C14H8N6O3/c15-19-18-12-7-8(20(22)23)5-6-9(12)13-16-11-4-2-1-3-10(11)14(21)17-13/h1-7H,(H,16,17,21). The van der Waals surface area contributed by atoms with Crippen molar-refractivity contribution in [3.05, 3.63) is 73.4 Å².